The molecule has 2 aromatic rings. The summed E-state index contributed by atoms with van der Waals surface area (Å²) in [6.07, 6.45) is -1.71. The van der Waals surface area contributed by atoms with E-state index in [1.54, 1.807) is 38.1 Å². The molecule has 0 fully saturated rings. The topological polar surface area (TPSA) is 0 Å². The Kier molecular flexibility index (Phi) is 2.27. The third-order valence-corrected chi connectivity index (χ3v) is 3.54. The van der Waals surface area contributed by atoms with Gasteiger partial charge in [-0.15, -0.1) is 0 Å². The Morgan fingerprint density at radius 1 is 0.778 bits per heavy atom. The second kappa shape index (κ2) is 3.61. The highest BCUT2D eigenvalue weighted by Gasteiger charge is 2.35. The SMILES string of the molecule is Cc1ccc2c(c1F)C(F)c1c-2ccc(C)c1F. The molecule has 92 valence electrons. The van der Waals surface area contributed by atoms with Crippen molar-refractivity contribution >= 4 is 0 Å². The predicted octanol–water partition coefficient (Wildman–Crippen LogP) is 4.62. The second-order valence-electron chi connectivity index (χ2n) is 4.68. The van der Waals surface area contributed by atoms with Gasteiger partial charge in [-0.25, -0.2) is 13.2 Å². The van der Waals surface area contributed by atoms with Crippen molar-refractivity contribution in [1.82, 2.24) is 0 Å². The first-order valence-electron chi connectivity index (χ1n) is 5.74. The summed E-state index contributed by atoms with van der Waals surface area (Å²) in [4.78, 5) is 0. The van der Waals surface area contributed by atoms with Crippen molar-refractivity contribution in [3.8, 4) is 11.1 Å². The van der Waals surface area contributed by atoms with E-state index in [1.807, 2.05) is 0 Å². The van der Waals surface area contributed by atoms with Gasteiger partial charge in [0.1, 0.15) is 11.6 Å². The molecule has 0 saturated carbocycles. The zero-order chi connectivity index (χ0) is 13.0. The molecule has 0 amide bonds. The molecule has 0 aromatic heterocycles. The molecule has 0 bridgehead atoms. The van der Waals surface area contributed by atoms with Gasteiger partial charge in [0.2, 0.25) is 0 Å². The van der Waals surface area contributed by atoms with Crippen LogP contribution in [0.1, 0.15) is 28.4 Å². The maximum atomic E-state index is 14.3. The van der Waals surface area contributed by atoms with Crippen molar-refractivity contribution < 1.29 is 13.2 Å². The third kappa shape index (κ3) is 1.27. The summed E-state index contributed by atoms with van der Waals surface area (Å²) >= 11 is 0. The minimum absolute atomic E-state index is 0.0329. The van der Waals surface area contributed by atoms with Crippen LogP contribution in [0, 0.1) is 25.5 Å². The van der Waals surface area contributed by atoms with E-state index in [4.69, 9.17) is 0 Å². The van der Waals surface area contributed by atoms with E-state index >= 15 is 0 Å². The Hall–Kier alpha value is -1.77. The summed E-state index contributed by atoms with van der Waals surface area (Å²) in [6.45, 7) is 3.15. The van der Waals surface area contributed by atoms with Crippen LogP contribution in [0.15, 0.2) is 24.3 Å². The van der Waals surface area contributed by atoms with E-state index in [-0.39, 0.29) is 11.1 Å². The normalized spacial score (nSPS) is 13.6. The summed E-state index contributed by atoms with van der Waals surface area (Å²) in [5.74, 6) is -1.15. The van der Waals surface area contributed by atoms with Crippen molar-refractivity contribution in [3.05, 3.63) is 58.2 Å². The Labute approximate surface area is 103 Å². The average molecular weight is 248 g/mol. The van der Waals surface area contributed by atoms with Crippen molar-refractivity contribution in [2.75, 3.05) is 0 Å². The number of hydrogen-bond donors (Lipinski definition) is 0. The molecular formula is C15H11F3. The minimum atomic E-state index is -1.71. The number of aryl methyl sites for hydroxylation is 2. The van der Waals surface area contributed by atoms with Gasteiger partial charge in [0.25, 0.3) is 0 Å². The molecule has 0 heterocycles. The van der Waals surface area contributed by atoms with Gasteiger partial charge in [-0.2, -0.15) is 0 Å². The van der Waals surface area contributed by atoms with Crippen LogP contribution in [0.2, 0.25) is 0 Å². The Bertz CT molecular complexity index is 602. The van der Waals surface area contributed by atoms with Crippen LogP contribution in [0.25, 0.3) is 11.1 Å². The predicted molar refractivity (Wildman–Crippen MR) is 64.2 cm³/mol. The van der Waals surface area contributed by atoms with Crippen LogP contribution >= 0.6 is 0 Å². The number of benzene rings is 2. The first kappa shape index (κ1) is 11.3. The van der Waals surface area contributed by atoms with Crippen LogP contribution in [-0.4, -0.2) is 0 Å². The fourth-order valence-corrected chi connectivity index (χ4v) is 2.51. The highest BCUT2D eigenvalue weighted by Crippen LogP contribution is 2.48. The quantitative estimate of drug-likeness (QED) is 0.638. The lowest BCUT2D eigenvalue weighted by molar-refractivity contribution is 0.382. The fraction of sp³-hybridized carbons (Fsp3) is 0.200. The van der Waals surface area contributed by atoms with Gasteiger partial charge < -0.3 is 0 Å². The molecule has 0 N–H and O–H groups in total. The Morgan fingerprint density at radius 3 is 1.56 bits per heavy atom. The highest BCUT2D eigenvalue weighted by atomic mass is 19.1. The molecule has 0 nitrogen and oxygen atoms in total. The molecule has 1 aliphatic rings. The van der Waals surface area contributed by atoms with Crippen LogP contribution in [0.3, 0.4) is 0 Å². The number of rotatable bonds is 0. The molecular weight excluding hydrogens is 237 g/mol. The summed E-state index contributed by atoms with van der Waals surface area (Å²) < 4.78 is 42.3. The van der Waals surface area contributed by atoms with Gasteiger partial charge >= 0.3 is 0 Å². The largest absolute Gasteiger partial charge is 0.237 e. The van der Waals surface area contributed by atoms with E-state index in [0.29, 0.717) is 22.3 Å². The summed E-state index contributed by atoms with van der Waals surface area (Å²) in [6, 6.07) is 6.49. The second-order valence-corrected chi connectivity index (χ2v) is 4.68. The van der Waals surface area contributed by atoms with Gasteiger partial charge in [-0.05, 0) is 36.1 Å². The minimum Gasteiger partial charge on any atom is -0.237 e. The summed E-state index contributed by atoms with van der Waals surface area (Å²) in [5.41, 5.74) is 1.60. The van der Waals surface area contributed by atoms with E-state index in [0.717, 1.165) is 0 Å². The smallest absolute Gasteiger partial charge is 0.157 e. The molecule has 0 spiro atoms. The van der Waals surface area contributed by atoms with Crippen molar-refractivity contribution in [1.29, 1.82) is 0 Å². The lowest BCUT2D eigenvalue weighted by Crippen LogP contribution is -1.98. The van der Waals surface area contributed by atoms with Crippen LogP contribution < -0.4 is 0 Å². The fourth-order valence-electron chi connectivity index (χ4n) is 2.51. The maximum absolute atomic E-state index is 14.3. The molecule has 18 heavy (non-hydrogen) atoms. The number of alkyl halides is 1. The van der Waals surface area contributed by atoms with Gasteiger partial charge in [0.15, 0.2) is 6.17 Å². The van der Waals surface area contributed by atoms with E-state index in [9.17, 15) is 13.2 Å². The Morgan fingerprint density at radius 2 is 1.17 bits per heavy atom. The summed E-state index contributed by atoms with van der Waals surface area (Å²) in [5, 5.41) is 0. The molecule has 0 aliphatic heterocycles. The summed E-state index contributed by atoms with van der Waals surface area (Å²) in [7, 11) is 0. The molecule has 3 heteroatoms. The van der Waals surface area contributed by atoms with Gasteiger partial charge in [-0.3, -0.25) is 0 Å². The van der Waals surface area contributed by atoms with E-state index in [2.05, 4.69) is 0 Å². The monoisotopic (exact) mass is 248 g/mol. The van der Waals surface area contributed by atoms with Gasteiger partial charge in [-0.1, -0.05) is 24.3 Å². The number of fused-ring (bicyclic) bond motifs is 3. The molecule has 1 aliphatic carbocycles. The standard InChI is InChI=1S/C15H11F3/c1-7-3-5-9-10-6-4-8(2)14(17)12(10)15(18)11(9)13(7)16/h3-6,15H,1-2H3. The molecule has 2 aromatic carbocycles. The van der Waals surface area contributed by atoms with Crippen LogP contribution in [-0.2, 0) is 0 Å². The maximum Gasteiger partial charge on any atom is 0.157 e. The zero-order valence-corrected chi connectivity index (χ0v) is 10.0. The zero-order valence-electron chi connectivity index (χ0n) is 10.0. The van der Waals surface area contributed by atoms with Gasteiger partial charge in [0.05, 0.1) is 0 Å². The lowest BCUT2D eigenvalue weighted by Gasteiger charge is -2.07. The molecule has 0 saturated heterocycles. The Balaban J connectivity index is 2.38. The molecule has 0 radical (unpaired) electrons. The van der Waals surface area contributed by atoms with Crippen LogP contribution in [0.4, 0.5) is 13.2 Å². The average Bonchev–Trinajstić information content (AvgIpc) is 2.63. The lowest BCUT2D eigenvalue weighted by atomic mass is 10.0. The molecule has 0 atom stereocenters. The van der Waals surface area contributed by atoms with Crippen molar-refractivity contribution in [2.45, 2.75) is 20.0 Å². The van der Waals surface area contributed by atoms with Gasteiger partial charge in [0, 0.05) is 11.1 Å². The first-order valence-corrected chi connectivity index (χ1v) is 5.74. The first-order chi connectivity index (χ1) is 8.52. The van der Waals surface area contributed by atoms with Crippen molar-refractivity contribution in [2.24, 2.45) is 0 Å². The number of hydrogen-bond acceptors (Lipinski definition) is 0. The van der Waals surface area contributed by atoms with Crippen LogP contribution in [0.5, 0.6) is 0 Å². The molecule has 3 rings (SSSR count). The highest BCUT2D eigenvalue weighted by molar-refractivity contribution is 5.79. The molecule has 0 unspecified atom stereocenters. The number of halogens is 3. The van der Waals surface area contributed by atoms with E-state index in [1.165, 1.54) is 0 Å². The van der Waals surface area contributed by atoms with Crippen molar-refractivity contribution in [3.63, 3.8) is 0 Å². The van der Waals surface area contributed by atoms with E-state index < -0.39 is 17.8 Å². The third-order valence-electron chi connectivity index (χ3n) is 3.54.